The van der Waals surface area contributed by atoms with Crippen molar-refractivity contribution >= 4 is 29.0 Å². The summed E-state index contributed by atoms with van der Waals surface area (Å²) in [5.74, 6) is 2.03. The molecule has 0 saturated heterocycles. The molecule has 1 aromatic heterocycles. The molecular formula is C18H21NO2S2. The first-order valence-corrected chi connectivity index (χ1v) is 9.89. The van der Waals surface area contributed by atoms with E-state index in [-0.39, 0.29) is 12.5 Å². The van der Waals surface area contributed by atoms with E-state index in [2.05, 4.69) is 11.4 Å². The van der Waals surface area contributed by atoms with Gasteiger partial charge in [0.25, 0.3) is 0 Å². The molecule has 1 aliphatic rings. The van der Waals surface area contributed by atoms with E-state index in [1.807, 2.05) is 29.2 Å². The fourth-order valence-electron chi connectivity index (χ4n) is 2.71. The van der Waals surface area contributed by atoms with Crippen LogP contribution < -0.4 is 0 Å². The average Bonchev–Trinajstić information content (AvgIpc) is 3.06. The van der Waals surface area contributed by atoms with E-state index in [1.165, 1.54) is 16.0 Å². The Hall–Kier alpha value is -1.30. The van der Waals surface area contributed by atoms with Gasteiger partial charge in [-0.05, 0) is 34.6 Å². The highest BCUT2D eigenvalue weighted by atomic mass is 32.2. The summed E-state index contributed by atoms with van der Waals surface area (Å²) in [6.07, 6.45) is 1.61. The molecule has 0 saturated carbocycles. The second-order valence-electron chi connectivity index (χ2n) is 5.71. The first-order chi connectivity index (χ1) is 11.3. The molecule has 3 rings (SSSR count). The number of carbonyl (C=O) groups excluding carboxylic acids is 1. The van der Waals surface area contributed by atoms with Gasteiger partial charge in [0.05, 0.1) is 6.61 Å². The molecule has 0 unspecified atom stereocenters. The predicted molar refractivity (Wildman–Crippen MR) is 96.6 cm³/mol. The van der Waals surface area contributed by atoms with Gasteiger partial charge in [0.1, 0.15) is 0 Å². The van der Waals surface area contributed by atoms with Gasteiger partial charge in [0.2, 0.25) is 5.91 Å². The number of benzene rings is 1. The summed E-state index contributed by atoms with van der Waals surface area (Å²) >= 11 is 3.59. The van der Waals surface area contributed by atoms with Gasteiger partial charge in [-0.1, -0.05) is 24.3 Å². The van der Waals surface area contributed by atoms with Crippen LogP contribution in [0.1, 0.15) is 28.0 Å². The molecule has 1 N–H and O–H groups in total. The number of hydrogen-bond acceptors (Lipinski definition) is 4. The maximum absolute atomic E-state index is 12.3. The molecule has 2 heterocycles. The standard InChI is InChI=1S/C18H21NO2S2/c20-12-14-1-3-15(4-2-14)13-22-9-7-18(21)19-8-5-17-16(11-19)6-10-23-17/h1-4,6,10,20H,5,7-9,11-13H2. The Balaban J connectivity index is 1.39. The maximum atomic E-state index is 12.3. The van der Waals surface area contributed by atoms with Crippen LogP contribution in [-0.2, 0) is 30.1 Å². The second-order valence-corrected chi connectivity index (χ2v) is 7.82. The largest absolute Gasteiger partial charge is 0.392 e. The van der Waals surface area contributed by atoms with Gasteiger partial charge in [-0.25, -0.2) is 0 Å². The molecule has 122 valence electrons. The van der Waals surface area contributed by atoms with Gasteiger partial charge in [0.15, 0.2) is 0 Å². The van der Waals surface area contributed by atoms with Crippen molar-refractivity contribution in [2.24, 2.45) is 0 Å². The predicted octanol–water partition coefficient (Wildman–Crippen LogP) is 3.45. The minimum Gasteiger partial charge on any atom is -0.392 e. The van der Waals surface area contributed by atoms with Crippen LogP contribution in [0.2, 0.25) is 0 Å². The van der Waals surface area contributed by atoms with Crippen molar-refractivity contribution in [3.63, 3.8) is 0 Å². The number of aliphatic hydroxyl groups is 1. The first kappa shape index (κ1) is 16.6. The van der Waals surface area contributed by atoms with E-state index >= 15 is 0 Å². The molecule has 0 aliphatic carbocycles. The molecule has 1 aromatic carbocycles. The van der Waals surface area contributed by atoms with Gasteiger partial charge >= 0.3 is 0 Å². The van der Waals surface area contributed by atoms with Crippen LogP contribution >= 0.6 is 23.1 Å². The van der Waals surface area contributed by atoms with E-state index in [0.717, 1.165) is 36.6 Å². The number of thioether (sulfide) groups is 1. The van der Waals surface area contributed by atoms with Crippen LogP contribution in [0.3, 0.4) is 0 Å². The van der Waals surface area contributed by atoms with Crippen LogP contribution in [0, 0.1) is 0 Å². The number of carbonyl (C=O) groups is 1. The summed E-state index contributed by atoms with van der Waals surface area (Å²) in [5, 5.41) is 11.1. The summed E-state index contributed by atoms with van der Waals surface area (Å²) in [6.45, 7) is 1.73. The van der Waals surface area contributed by atoms with Crippen molar-refractivity contribution < 1.29 is 9.90 Å². The molecule has 0 radical (unpaired) electrons. The van der Waals surface area contributed by atoms with E-state index < -0.39 is 0 Å². The van der Waals surface area contributed by atoms with Crippen LogP contribution in [0.5, 0.6) is 0 Å². The molecule has 0 fully saturated rings. The summed E-state index contributed by atoms with van der Waals surface area (Å²) < 4.78 is 0. The van der Waals surface area contributed by atoms with Gasteiger partial charge in [-0.2, -0.15) is 11.8 Å². The number of nitrogens with zero attached hydrogens (tertiary/aromatic N) is 1. The molecule has 2 aromatic rings. The highest BCUT2D eigenvalue weighted by Crippen LogP contribution is 2.24. The van der Waals surface area contributed by atoms with Crippen molar-refractivity contribution in [3.8, 4) is 0 Å². The van der Waals surface area contributed by atoms with Gasteiger partial charge in [0, 0.05) is 35.9 Å². The number of aliphatic hydroxyl groups excluding tert-OH is 1. The SMILES string of the molecule is O=C(CCSCc1ccc(CO)cc1)N1CCc2sccc2C1. The average molecular weight is 348 g/mol. The van der Waals surface area contributed by atoms with Crippen molar-refractivity contribution in [2.45, 2.75) is 31.7 Å². The fourth-order valence-corrected chi connectivity index (χ4v) is 4.49. The van der Waals surface area contributed by atoms with E-state index in [1.54, 1.807) is 23.1 Å². The summed E-state index contributed by atoms with van der Waals surface area (Å²) in [4.78, 5) is 15.7. The molecule has 5 heteroatoms. The third-order valence-electron chi connectivity index (χ3n) is 4.09. The molecule has 0 atom stereocenters. The van der Waals surface area contributed by atoms with E-state index in [4.69, 9.17) is 5.11 Å². The number of rotatable bonds is 6. The van der Waals surface area contributed by atoms with Crippen molar-refractivity contribution in [3.05, 3.63) is 57.3 Å². The van der Waals surface area contributed by atoms with Crippen molar-refractivity contribution in [1.29, 1.82) is 0 Å². The monoisotopic (exact) mass is 347 g/mol. The van der Waals surface area contributed by atoms with Crippen LogP contribution in [0.15, 0.2) is 35.7 Å². The first-order valence-electron chi connectivity index (χ1n) is 7.85. The van der Waals surface area contributed by atoms with Gasteiger partial charge < -0.3 is 10.0 Å². The van der Waals surface area contributed by atoms with Crippen LogP contribution in [0.25, 0.3) is 0 Å². The number of fused-ring (bicyclic) bond motifs is 1. The Kier molecular flexibility index (Phi) is 5.75. The Morgan fingerprint density at radius 1 is 1.22 bits per heavy atom. The smallest absolute Gasteiger partial charge is 0.223 e. The molecular weight excluding hydrogens is 326 g/mol. The Morgan fingerprint density at radius 2 is 2.00 bits per heavy atom. The minimum atomic E-state index is 0.0869. The zero-order chi connectivity index (χ0) is 16.1. The van der Waals surface area contributed by atoms with Gasteiger partial charge in [-0.15, -0.1) is 11.3 Å². The zero-order valence-corrected chi connectivity index (χ0v) is 14.7. The topological polar surface area (TPSA) is 40.5 Å². The third-order valence-corrected chi connectivity index (χ3v) is 6.15. The highest BCUT2D eigenvalue weighted by molar-refractivity contribution is 7.98. The number of hydrogen-bond donors (Lipinski definition) is 1. The molecule has 3 nitrogen and oxygen atoms in total. The van der Waals surface area contributed by atoms with Crippen LogP contribution in [-0.4, -0.2) is 28.2 Å². The molecule has 0 spiro atoms. The lowest BCUT2D eigenvalue weighted by Gasteiger charge is -2.27. The minimum absolute atomic E-state index is 0.0869. The lowest BCUT2D eigenvalue weighted by Crippen LogP contribution is -2.35. The van der Waals surface area contributed by atoms with Crippen molar-refractivity contribution in [1.82, 2.24) is 4.90 Å². The van der Waals surface area contributed by atoms with Gasteiger partial charge in [-0.3, -0.25) is 4.79 Å². The maximum Gasteiger partial charge on any atom is 0.223 e. The second kappa shape index (κ2) is 7.99. The molecule has 0 bridgehead atoms. The fraction of sp³-hybridized carbons (Fsp3) is 0.389. The Labute approximate surface area is 145 Å². The summed E-state index contributed by atoms with van der Waals surface area (Å²) in [7, 11) is 0. The lowest BCUT2D eigenvalue weighted by atomic mass is 10.1. The highest BCUT2D eigenvalue weighted by Gasteiger charge is 2.20. The van der Waals surface area contributed by atoms with E-state index in [9.17, 15) is 4.79 Å². The summed E-state index contributed by atoms with van der Waals surface area (Å²) in [6, 6.07) is 10.1. The Bertz CT molecular complexity index is 651. The summed E-state index contributed by atoms with van der Waals surface area (Å²) in [5.41, 5.74) is 3.50. The molecule has 1 amide bonds. The van der Waals surface area contributed by atoms with E-state index in [0.29, 0.717) is 6.42 Å². The van der Waals surface area contributed by atoms with Crippen LogP contribution in [0.4, 0.5) is 0 Å². The quantitative estimate of drug-likeness (QED) is 0.814. The third kappa shape index (κ3) is 4.37. The number of thiophene rings is 1. The molecule has 23 heavy (non-hydrogen) atoms. The zero-order valence-electron chi connectivity index (χ0n) is 13.0. The van der Waals surface area contributed by atoms with Crippen molar-refractivity contribution in [2.75, 3.05) is 12.3 Å². The molecule has 1 aliphatic heterocycles. The lowest BCUT2D eigenvalue weighted by molar-refractivity contribution is -0.131. The Morgan fingerprint density at radius 3 is 2.78 bits per heavy atom. The number of amides is 1. The normalized spacial score (nSPS) is 13.9.